The summed E-state index contributed by atoms with van der Waals surface area (Å²) in [5.74, 6) is 1.69. The van der Waals surface area contributed by atoms with E-state index >= 15 is 0 Å². The zero-order chi connectivity index (χ0) is 30.9. The third-order valence-corrected chi connectivity index (χ3v) is 10.7. The van der Waals surface area contributed by atoms with Gasteiger partial charge >= 0.3 is 0 Å². The van der Waals surface area contributed by atoms with Crippen molar-refractivity contribution in [2.75, 3.05) is 4.90 Å². The van der Waals surface area contributed by atoms with Crippen molar-refractivity contribution in [3.8, 4) is 17.1 Å². The molecule has 0 spiro atoms. The van der Waals surface area contributed by atoms with Crippen molar-refractivity contribution >= 4 is 56.8 Å². The first-order valence-corrected chi connectivity index (χ1v) is 15.8. The van der Waals surface area contributed by atoms with Crippen LogP contribution in [0.2, 0.25) is 0 Å². The van der Waals surface area contributed by atoms with Crippen molar-refractivity contribution in [1.29, 1.82) is 0 Å². The van der Waals surface area contributed by atoms with Crippen LogP contribution in [-0.4, -0.2) is 25.6 Å². The Bertz CT molecular complexity index is 2400. The number of hydrogen-bond acceptors (Lipinski definition) is 3. The summed E-state index contributed by atoms with van der Waals surface area (Å²) in [5.41, 5.74) is 20.2. The monoisotopic (exact) mass is 583 g/mol. The van der Waals surface area contributed by atoms with Crippen LogP contribution in [0.4, 0.5) is 17.2 Å². The standard InChI is InChI=1S/C39H34BN5/c1-21-18-30-32(19-22(21)2)43-26(6)27(7)44-35-24(4)23(3)25(5)36-34(35)40(33(30)39(43)44)31-20-41-37(28-14-10-8-11-15-28)42-38(31)45(36)29-16-12-9-13-17-29/h8-20H,1-7H3. The van der Waals surface area contributed by atoms with Gasteiger partial charge in [-0.25, -0.2) is 9.97 Å². The van der Waals surface area contributed by atoms with E-state index in [-0.39, 0.29) is 6.71 Å². The molecule has 3 aromatic heterocycles. The summed E-state index contributed by atoms with van der Waals surface area (Å²) in [7, 11) is 0. The van der Waals surface area contributed by atoms with Crippen molar-refractivity contribution in [3.05, 3.63) is 118 Å². The topological polar surface area (TPSA) is 38.4 Å². The molecule has 5 nitrogen and oxygen atoms in total. The maximum atomic E-state index is 5.43. The van der Waals surface area contributed by atoms with Crippen molar-refractivity contribution in [2.45, 2.75) is 48.5 Å². The van der Waals surface area contributed by atoms with Crippen molar-refractivity contribution in [2.24, 2.45) is 0 Å². The zero-order valence-electron chi connectivity index (χ0n) is 26.8. The van der Waals surface area contributed by atoms with Gasteiger partial charge in [-0.15, -0.1) is 0 Å². The fourth-order valence-corrected chi connectivity index (χ4v) is 8.04. The fraction of sp³-hybridized carbons (Fsp3) is 0.179. The van der Waals surface area contributed by atoms with E-state index < -0.39 is 0 Å². The zero-order valence-corrected chi connectivity index (χ0v) is 26.8. The predicted octanol–water partition coefficient (Wildman–Crippen LogP) is 7.11. The maximum Gasteiger partial charge on any atom is 0.259 e. The summed E-state index contributed by atoms with van der Waals surface area (Å²) in [6, 6.07) is 25.9. The van der Waals surface area contributed by atoms with Crippen molar-refractivity contribution < 1.29 is 0 Å². The molecule has 0 atom stereocenters. The van der Waals surface area contributed by atoms with Gasteiger partial charge in [-0.2, -0.15) is 0 Å². The lowest BCUT2D eigenvalue weighted by Crippen LogP contribution is -2.61. The van der Waals surface area contributed by atoms with Crippen LogP contribution in [0.15, 0.2) is 79.0 Å². The van der Waals surface area contributed by atoms with Gasteiger partial charge in [-0.3, -0.25) is 13.9 Å². The highest BCUT2D eigenvalue weighted by Crippen LogP contribution is 2.44. The largest absolute Gasteiger partial charge is 0.299 e. The molecule has 0 N–H and O–H groups in total. The molecule has 0 unspecified atom stereocenters. The molecular formula is C39H34BN5. The third-order valence-electron chi connectivity index (χ3n) is 10.7. The fourth-order valence-electron chi connectivity index (χ4n) is 8.04. The Labute approximate surface area is 263 Å². The van der Waals surface area contributed by atoms with Crippen LogP contribution in [0.5, 0.6) is 0 Å². The van der Waals surface area contributed by atoms with Gasteiger partial charge < -0.3 is 0 Å². The van der Waals surface area contributed by atoms with E-state index in [1.807, 2.05) is 6.07 Å². The smallest absolute Gasteiger partial charge is 0.259 e. The lowest BCUT2D eigenvalue weighted by atomic mass is 9.34. The van der Waals surface area contributed by atoms with Crippen LogP contribution >= 0.6 is 0 Å². The Hall–Kier alpha value is -5.10. The van der Waals surface area contributed by atoms with Crippen LogP contribution in [0.1, 0.15) is 39.2 Å². The second-order valence-corrected chi connectivity index (χ2v) is 13.0. The normalized spacial score (nSPS) is 13.1. The lowest BCUT2D eigenvalue weighted by molar-refractivity contribution is 1.02. The number of rotatable bonds is 2. The quantitative estimate of drug-likeness (QED) is 0.204. The van der Waals surface area contributed by atoms with E-state index in [2.05, 4.69) is 135 Å². The van der Waals surface area contributed by atoms with Crippen LogP contribution in [0, 0.1) is 48.5 Å². The molecule has 0 radical (unpaired) electrons. The van der Waals surface area contributed by atoms with Gasteiger partial charge in [0.1, 0.15) is 11.5 Å². The van der Waals surface area contributed by atoms with E-state index in [0.29, 0.717) is 0 Å². The molecule has 6 heteroatoms. The lowest BCUT2D eigenvalue weighted by Gasteiger charge is -2.41. The first-order chi connectivity index (χ1) is 21.8. The highest BCUT2D eigenvalue weighted by Gasteiger charge is 2.46. The van der Waals surface area contributed by atoms with E-state index in [9.17, 15) is 0 Å². The Morgan fingerprint density at radius 2 is 1.33 bits per heavy atom. The number of fused-ring (bicyclic) bond motifs is 7. The molecule has 218 valence electrons. The number of para-hydroxylation sites is 1. The Balaban J connectivity index is 1.51. The number of imidazole rings is 1. The Morgan fingerprint density at radius 3 is 2.07 bits per heavy atom. The second-order valence-electron chi connectivity index (χ2n) is 13.0. The van der Waals surface area contributed by atoms with Gasteiger partial charge in [-0.1, -0.05) is 54.6 Å². The molecule has 0 fully saturated rings. The molecule has 0 amide bonds. The molecule has 5 heterocycles. The van der Waals surface area contributed by atoms with Crippen molar-refractivity contribution in [3.63, 3.8) is 0 Å². The van der Waals surface area contributed by atoms with Crippen LogP contribution in [-0.2, 0) is 0 Å². The Morgan fingerprint density at radius 1 is 0.667 bits per heavy atom. The van der Waals surface area contributed by atoms with Gasteiger partial charge in [0.15, 0.2) is 5.82 Å². The number of nitrogens with zero attached hydrogens (tertiary/aromatic N) is 5. The first kappa shape index (κ1) is 26.3. The molecule has 0 saturated carbocycles. The van der Waals surface area contributed by atoms with Crippen LogP contribution in [0.25, 0.3) is 33.6 Å². The van der Waals surface area contributed by atoms with E-state index in [1.54, 1.807) is 0 Å². The minimum absolute atomic E-state index is 0.0106. The maximum absolute atomic E-state index is 5.43. The minimum atomic E-state index is -0.0106. The van der Waals surface area contributed by atoms with Crippen molar-refractivity contribution in [1.82, 2.24) is 18.9 Å². The highest BCUT2D eigenvalue weighted by atomic mass is 15.2. The molecule has 0 bridgehead atoms. The summed E-state index contributed by atoms with van der Waals surface area (Å²) in [6.07, 6.45) is 2.11. The highest BCUT2D eigenvalue weighted by molar-refractivity contribution is 7.01. The van der Waals surface area contributed by atoms with E-state index in [4.69, 9.17) is 9.97 Å². The molecule has 9 rings (SSSR count). The molecule has 45 heavy (non-hydrogen) atoms. The van der Waals surface area contributed by atoms with E-state index in [1.165, 1.54) is 78.1 Å². The summed E-state index contributed by atoms with van der Waals surface area (Å²) in [5, 5.41) is 1.31. The molecule has 2 aliphatic rings. The van der Waals surface area contributed by atoms with Gasteiger partial charge in [0.25, 0.3) is 6.71 Å². The summed E-state index contributed by atoms with van der Waals surface area (Å²) >= 11 is 0. The van der Waals surface area contributed by atoms with Crippen LogP contribution in [0.3, 0.4) is 0 Å². The van der Waals surface area contributed by atoms with E-state index in [0.717, 1.165) is 28.4 Å². The van der Waals surface area contributed by atoms with Gasteiger partial charge in [-0.05, 0) is 116 Å². The number of benzene rings is 4. The molecule has 2 aliphatic heterocycles. The minimum Gasteiger partial charge on any atom is -0.299 e. The third kappa shape index (κ3) is 3.24. The molecule has 7 aromatic rings. The van der Waals surface area contributed by atoms with Gasteiger partial charge in [0, 0.05) is 40.2 Å². The molecular weight excluding hydrogens is 549 g/mol. The molecule has 0 saturated heterocycles. The number of aromatic nitrogens is 4. The second kappa shape index (κ2) is 8.98. The average Bonchev–Trinajstić information content (AvgIpc) is 3.51. The number of anilines is 3. The average molecular weight is 584 g/mol. The molecule has 4 aromatic carbocycles. The molecule has 0 aliphatic carbocycles. The van der Waals surface area contributed by atoms with Gasteiger partial charge in [0.05, 0.1) is 5.52 Å². The SMILES string of the molecule is Cc1cc2c3c4n(c(C)c(C)n4c2cc1C)-c1c(C)c(C)c(C)c2c1B3c1cnc(-c3ccccc3)nc1N2c1ccccc1. The summed E-state index contributed by atoms with van der Waals surface area (Å²) in [4.78, 5) is 12.9. The Kier molecular flexibility index (Phi) is 5.25. The van der Waals surface area contributed by atoms with Crippen LogP contribution < -0.4 is 21.3 Å². The van der Waals surface area contributed by atoms with Gasteiger partial charge in [0.2, 0.25) is 0 Å². The predicted molar refractivity (Wildman–Crippen MR) is 188 cm³/mol. The number of hydrogen-bond donors (Lipinski definition) is 0. The summed E-state index contributed by atoms with van der Waals surface area (Å²) in [6.45, 7) is 15.9. The first-order valence-electron chi connectivity index (χ1n) is 15.8. The summed E-state index contributed by atoms with van der Waals surface area (Å²) < 4.78 is 5.06. The number of aryl methyl sites for hydroxylation is 3.